The van der Waals surface area contributed by atoms with Crippen LogP contribution in [0.15, 0.2) is 36.4 Å². The average Bonchev–Trinajstić information content (AvgIpc) is 2.75. The highest BCUT2D eigenvalue weighted by Gasteiger charge is 2.29. The average molecular weight is 441 g/mol. The van der Waals surface area contributed by atoms with Gasteiger partial charge >= 0.3 is 6.18 Å². The summed E-state index contributed by atoms with van der Waals surface area (Å²) in [6, 6.07) is 10.00. The van der Waals surface area contributed by atoms with E-state index in [0.29, 0.717) is 24.5 Å². The third-order valence-corrected chi connectivity index (χ3v) is 4.57. The summed E-state index contributed by atoms with van der Waals surface area (Å²) in [5.41, 5.74) is 1.59. The summed E-state index contributed by atoms with van der Waals surface area (Å²) in [5, 5.41) is 0. The molecule has 170 valence electrons. The van der Waals surface area contributed by atoms with Gasteiger partial charge in [0.1, 0.15) is 11.5 Å². The quantitative estimate of drug-likeness (QED) is 0.552. The van der Waals surface area contributed by atoms with Gasteiger partial charge in [0.05, 0.1) is 21.3 Å². The maximum Gasteiger partial charge on any atom is 0.422 e. The highest BCUT2D eigenvalue weighted by molar-refractivity contribution is 5.76. The van der Waals surface area contributed by atoms with Gasteiger partial charge in [0.25, 0.3) is 0 Å². The number of ether oxygens (including phenoxy) is 4. The van der Waals surface area contributed by atoms with E-state index in [2.05, 4.69) is 0 Å². The molecule has 0 unspecified atom stereocenters. The van der Waals surface area contributed by atoms with Crippen molar-refractivity contribution in [2.45, 2.75) is 25.6 Å². The van der Waals surface area contributed by atoms with Crippen molar-refractivity contribution in [2.75, 3.05) is 35.0 Å². The summed E-state index contributed by atoms with van der Waals surface area (Å²) in [4.78, 5) is 14.1. The number of amides is 1. The zero-order valence-electron chi connectivity index (χ0n) is 17.9. The van der Waals surface area contributed by atoms with Crippen LogP contribution >= 0.6 is 0 Å². The van der Waals surface area contributed by atoms with Crippen molar-refractivity contribution in [1.82, 2.24) is 4.90 Å². The lowest BCUT2D eigenvalue weighted by atomic mass is 10.1. The zero-order chi connectivity index (χ0) is 23.0. The molecule has 0 aromatic heterocycles. The number of carbonyl (C=O) groups excluding carboxylic acids is 1. The molecule has 0 saturated heterocycles. The number of rotatable bonds is 10. The topological polar surface area (TPSA) is 57.2 Å². The third-order valence-electron chi connectivity index (χ3n) is 4.57. The molecule has 0 aliphatic rings. The first-order valence-corrected chi connectivity index (χ1v) is 9.48. The Morgan fingerprint density at radius 1 is 0.935 bits per heavy atom. The van der Waals surface area contributed by atoms with Crippen LogP contribution in [0.2, 0.25) is 0 Å². The molecule has 6 nitrogen and oxygen atoms in total. The monoisotopic (exact) mass is 441 g/mol. The Balaban J connectivity index is 1.97. The highest BCUT2D eigenvalue weighted by atomic mass is 19.4. The van der Waals surface area contributed by atoms with Crippen molar-refractivity contribution >= 4 is 5.91 Å². The van der Waals surface area contributed by atoms with Gasteiger partial charge in [-0.3, -0.25) is 4.79 Å². The fourth-order valence-electron chi connectivity index (χ4n) is 2.91. The molecule has 2 aromatic carbocycles. The first-order valence-electron chi connectivity index (χ1n) is 9.48. The van der Waals surface area contributed by atoms with Crippen LogP contribution < -0.4 is 18.9 Å². The van der Waals surface area contributed by atoms with E-state index < -0.39 is 12.8 Å². The number of methoxy groups -OCH3 is 3. The molecule has 0 aliphatic carbocycles. The molecule has 0 N–H and O–H groups in total. The zero-order valence-corrected chi connectivity index (χ0v) is 17.9. The summed E-state index contributed by atoms with van der Waals surface area (Å²) < 4.78 is 57.5. The lowest BCUT2D eigenvalue weighted by molar-refractivity contribution is -0.153. The van der Waals surface area contributed by atoms with E-state index in [1.807, 2.05) is 6.07 Å². The minimum Gasteiger partial charge on any atom is -0.497 e. The van der Waals surface area contributed by atoms with Gasteiger partial charge in [0, 0.05) is 31.6 Å². The Kier molecular flexibility index (Phi) is 8.41. The van der Waals surface area contributed by atoms with Crippen LogP contribution in [0.5, 0.6) is 23.0 Å². The van der Waals surface area contributed by atoms with Gasteiger partial charge < -0.3 is 23.8 Å². The third kappa shape index (κ3) is 7.27. The summed E-state index contributed by atoms with van der Waals surface area (Å²) in [5.74, 6) is 1.38. The van der Waals surface area contributed by atoms with Crippen molar-refractivity contribution in [3.05, 3.63) is 47.5 Å². The van der Waals surface area contributed by atoms with Crippen LogP contribution in [0.1, 0.15) is 17.5 Å². The van der Waals surface area contributed by atoms with Gasteiger partial charge in [-0.2, -0.15) is 13.2 Å². The molecule has 9 heteroatoms. The van der Waals surface area contributed by atoms with Crippen molar-refractivity contribution in [3.63, 3.8) is 0 Å². The molecule has 1 amide bonds. The number of carbonyl (C=O) groups is 1. The van der Waals surface area contributed by atoms with E-state index >= 15 is 0 Å². The van der Waals surface area contributed by atoms with Crippen molar-refractivity contribution < 1.29 is 36.9 Å². The first-order chi connectivity index (χ1) is 14.7. The lowest BCUT2D eigenvalue weighted by Gasteiger charge is -2.19. The number of nitrogens with zero attached hydrogens (tertiary/aromatic N) is 1. The number of alkyl halides is 3. The van der Waals surface area contributed by atoms with Gasteiger partial charge in [0.2, 0.25) is 5.91 Å². The van der Waals surface area contributed by atoms with E-state index in [-0.39, 0.29) is 23.8 Å². The van der Waals surface area contributed by atoms with E-state index in [9.17, 15) is 18.0 Å². The second-order valence-corrected chi connectivity index (χ2v) is 6.82. The highest BCUT2D eigenvalue weighted by Crippen LogP contribution is 2.30. The fourth-order valence-corrected chi connectivity index (χ4v) is 2.91. The number of hydrogen-bond acceptors (Lipinski definition) is 5. The molecule has 0 atom stereocenters. The molecule has 0 radical (unpaired) electrons. The molecule has 2 aromatic rings. The number of hydrogen-bond donors (Lipinski definition) is 0. The van der Waals surface area contributed by atoms with E-state index in [1.165, 1.54) is 13.2 Å². The van der Waals surface area contributed by atoms with Crippen LogP contribution in [0.3, 0.4) is 0 Å². The normalized spacial score (nSPS) is 11.1. The maximum atomic E-state index is 12.6. The predicted molar refractivity (Wildman–Crippen MR) is 109 cm³/mol. The second kappa shape index (κ2) is 10.8. The largest absolute Gasteiger partial charge is 0.497 e. The van der Waals surface area contributed by atoms with Crippen LogP contribution in [0.4, 0.5) is 13.2 Å². The Bertz CT molecular complexity index is 886. The van der Waals surface area contributed by atoms with Crippen molar-refractivity contribution in [3.8, 4) is 23.0 Å². The van der Waals surface area contributed by atoms with Gasteiger partial charge in [-0.05, 0) is 36.2 Å². The molecule has 0 bridgehead atoms. The first kappa shape index (κ1) is 24.2. The summed E-state index contributed by atoms with van der Waals surface area (Å²) in [7, 11) is 6.16. The Labute approximate surface area is 179 Å². The smallest absolute Gasteiger partial charge is 0.422 e. The van der Waals surface area contributed by atoms with Crippen LogP contribution in [0, 0.1) is 0 Å². The van der Waals surface area contributed by atoms with E-state index in [0.717, 1.165) is 11.1 Å². The van der Waals surface area contributed by atoms with Gasteiger partial charge in [-0.25, -0.2) is 0 Å². The van der Waals surface area contributed by atoms with Crippen molar-refractivity contribution in [1.29, 1.82) is 0 Å². The maximum absolute atomic E-state index is 12.6. The van der Waals surface area contributed by atoms with Gasteiger partial charge in [-0.1, -0.05) is 6.07 Å². The Hall–Kier alpha value is -3.10. The van der Waals surface area contributed by atoms with Crippen LogP contribution in [0.25, 0.3) is 0 Å². The molecular formula is C22H26F3NO5. The van der Waals surface area contributed by atoms with Crippen LogP contribution in [-0.2, 0) is 17.8 Å². The Morgan fingerprint density at radius 2 is 1.65 bits per heavy atom. The van der Waals surface area contributed by atoms with Gasteiger partial charge in [-0.15, -0.1) is 0 Å². The van der Waals surface area contributed by atoms with Crippen LogP contribution in [-0.4, -0.2) is 52.0 Å². The molecule has 0 aliphatic heterocycles. The molecule has 0 spiro atoms. The summed E-state index contributed by atoms with van der Waals surface area (Å²) in [6.07, 6.45) is -3.81. The lowest BCUT2D eigenvalue weighted by Crippen LogP contribution is -2.26. The minimum absolute atomic E-state index is 0.00128. The molecule has 0 saturated carbocycles. The summed E-state index contributed by atoms with van der Waals surface area (Å²) in [6.45, 7) is -1.04. The van der Waals surface area contributed by atoms with E-state index in [4.69, 9.17) is 18.9 Å². The predicted octanol–water partition coefficient (Wildman–Crippen LogP) is 4.24. The van der Waals surface area contributed by atoms with E-state index in [1.54, 1.807) is 50.4 Å². The summed E-state index contributed by atoms with van der Waals surface area (Å²) >= 11 is 0. The fraction of sp³-hybridized carbons (Fsp3) is 0.409. The number of aryl methyl sites for hydroxylation is 1. The van der Waals surface area contributed by atoms with Crippen molar-refractivity contribution in [2.24, 2.45) is 0 Å². The molecular weight excluding hydrogens is 415 g/mol. The Morgan fingerprint density at radius 3 is 2.26 bits per heavy atom. The van der Waals surface area contributed by atoms with Gasteiger partial charge in [0.15, 0.2) is 18.1 Å². The minimum atomic E-state index is -4.44. The number of halogens is 3. The SMILES string of the molecule is COc1ccc(CN(C)C(=O)CCc2ccc(OCC(F)(F)F)c(OC)c2)c(OC)c1. The molecule has 0 heterocycles. The number of benzene rings is 2. The second-order valence-electron chi connectivity index (χ2n) is 6.82. The molecule has 31 heavy (non-hydrogen) atoms. The standard InChI is InChI=1S/C22H26F3NO5/c1-26(13-16-7-8-17(28-2)12-19(16)29-3)21(27)10-6-15-5-9-18(20(11-15)30-4)31-14-22(23,24)25/h5,7-9,11-12H,6,10,13-14H2,1-4H3. The molecule has 2 rings (SSSR count). The molecule has 0 fully saturated rings.